The average molecular weight is 529 g/mol. The predicted molar refractivity (Wildman–Crippen MR) is 147 cm³/mol. The maximum absolute atomic E-state index is 9.67. The van der Waals surface area contributed by atoms with Gasteiger partial charge in [-0.1, -0.05) is 58.8 Å². The van der Waals surface area contributed by atoms with Gasteiger partial charge in [-0.2, -0.15) is 0 Å². The molecule has 0 amide bonds. The van der Waals surface area contributed by atoms with Gasteiger partial charge in [-0.25, -0.2) is 0 Å². The Morgan fingerprint density at radius 1 is 0.632 bits per heavy atom. The number of hydrogen-bond acceptors (Lipinski definition) is 5. The highest BCUT2D eigenvalue weighted by atomic mass is 35.5. The van der Waals surface area contributed by atoms with Crippen molar-refractivity contribution in [2.75, 3.05) is 0 Å². The molecule has 0 aliphatic heterocycles. The van der Waals surface area contributed by atoms with Crippen molar-refractivity contribution >= 4 is 11.6 Å². The van der Waals surface area contributed by atoms with Gasteiger partial charge in [0, 0.05) is 34.1 Å². The second-order valence-corrected chi connectivity index (χ2v) is 11.6. The van der Waals surface area contributed by atoms with Gasteiger partial charge in [0.2, 0.25) is 0 Å². The van der Waals surface area contributed by atoms with Crippen LogP contribution in [0.25, 0.3) is 22.5 Å². The van der Waals surface area contributed by atoms with E-state index in [9.17, 15) is 5.11 Å². The minimum absolute atomic E-state index is 0.0175. The summed E-state index contributed by atoms with van der Waals surface area (Å²) < 4.78 is 11.1. The first-order chi connectivity index (χ1) is 18.8. The summed E-state index contributed by atoms with van der Waals surface area (Å²) >= 11 is 6.15. The number of alkyl halides is 1. The fraction of sp³-hybridized carbons (Fsp3) is 0.438. The van der Waals surface area contributed by atoms with Crippen LogP contribution in [0.4, 0.5) is 0 Å². The fourth-order valence-electron chi connectivity index (χ4n) is 5.61. The number of halogens is 1. The van der Waals surface area contributed by atoms with Gasteiger partial charge in [-0.05, 0) is 74.3 Å². The van der Waals surface area contributed by atoms with Gasteiger partial charge >= 0.3 is 0 Å². The normalized spacial score (nSPS) is 18.8. The zero-order valence-corrected chi connectivity index (χ0v) is 22.3. The van der Waals surface area contributed by atoms with E-state index in [0.717, 1.165) is 52.4 Å². The van der Waals surface area contributed by atoms with Crippen LogP contribution >= 0.6 is 11.6 Å². The molecule has 4 saturated carbocycles. The molecule has 6 heteroatoms. The molecule has 0 atom stereocenters. The van der Waals surface area contributed by atoms with Crippen molar-refractivity contribution < 1.29 is 14.2 Å². The second-order valence-electron chi connectivity index (χ2n) is 11.3. The number of aliphatic hydroxyl groups is 1. The van der Waals surface area contributed by atoms with Gasteiger partial charge in [0.1, 0.15) is 22.9 Å². The van der Waals surface area contributed by atoms with E-state index in [1.807, 2.05) is 6.07 Å². The Labute approximate surface area is 228 Å². The number of benzene rings is 2. The first kappa shape index (κ1) is 24.2. The highest BCUT2D eigenvalue weighted by Crippen LogP contribution is 2.49. The van der Waals surface area contributed by atoms with Crippen molar-refractivity contribution in [3.8, 4) is 22.5 Å². The van der Waals surface area contributed by atoms with E-state index in [4.69, 9.17) is 20.6 Å². The molecule has 0 saturated heterocycles. The Kier molecular flexibility index (Phi) is 6.37. The summed E-state index contributed by atoms with van der Waals surface area (Å²) in [5, 5.41) is 18.3. The lowest BCUT2D eigenvalue weighted by Crippen LogP contribution is -1.93. The van der Waals surface area contributed by atoms with Crippen LogP contribution in [0, 0.1) is 0 Å². The molecular formula is C32H33ClN2O3. The van der Waals surface area contributed by atoms with Crippen LogP contribution in [0.5, 0.6) is 0 Å². The Hall–Kier alpha value is -2.89. The molecule has 2 aromatic carbocycles. The third kappa shape index (κ3) is 4.71. The summed E-state index contributed by atoms with van der Waals surface area (Å²) in [5.41, 5.74) is 8.96. The first-order valence-electron chi connectivity index (χ1n) is 14.1. The summed E-state index contributed by atoms with van der Waals surface area (Å²) in [5.74, 6) is 4.84. The molecule has 1 N–H and O–H groups in total. The molecule has 38 heavy (non-hydrogen) atoms. The molecule has 0 bridgehead atoms. The Morgan fingerprint density at radius 3 is 1.47 bits per heavy atom. The molecular weight excluding hydrogens is 496 g/mol. The minimum Gasteiger partial charge on any atom is -0.391 e. The van der Waals surface area contributed by atoms with Crippen LogP contribution in [0.2, 0.25) is 0 Å². The number of nitrogens with zero attached hydrogens (tertiary/aromatic N) is 2. The lowest BCUT2D eigenvalue weighted by molar-refractivity contribution is 0.277. The minimum atomic E-state index is 0.0175. The van der Waals surface area contributed by atoms with Crippen LogP contribution in [-0.2, 0) is 12.5 Å². The molecule has 4 aliphatic rings. The maximum Gasteiger partial charge on any atom is 0.145 e. The fourth-order valence-corrected chi connectivity index (χ4v) is 5.87. The van der Waals surface area contributed by atoms with E-state index in [0.29, 0.717) is 29.6 Å². The van der Waals surface area contributed by atoms with Crippen molar-refractivity contribution in [1.29, 1.82) is 0 Å². The monoisotopic (exact) mass is 528 g/mol. The van der Waals surface area contributed by atoms with Gasteiger partial charge in [0.25, 0.3) is 0 Å². The summed E-state index contributed by atoms with van der Waals surface area (Å²) in [4.78, 5) is 0. The molecule has 0 unspecified atom stereocenters. The van der Waals surface area contributed by atoms with E-state index in [1.165, 1.54) is 55.2 Å². The summed E-state index contributed by atoms with van der Waals surface area (Å²) in [7, 11) is 0. The number of aliphatic hydroxyl groups excluding tert-OH is 1. The zero-order chi connectivity index (χ0) is 25.6. The highest BCUT2D eigenvalue weighted by Gasteiger charge is 2.35. The van der Waals surface area contributed by atoms with Crippen LogP contribution in [-0.4, -0.2) is 15.4 Å². The maximum atomic E-state index is 9.67. The van der Waals surface area contributed by atoms with Crippen LogP contribution in [0.1, 0.15) is 109 Å². The van der Waals surface area contributed by atoms with Crippen molar-refractivity contribution in [3.63, 3.8) is 0 Å². The Morgan fingerprint density at radius 2 is 1.05 bits per heavy atom. The van der Waals surface area contributed by atoms with E-state index in [1.54, 1.807) is 0 Å². The average Bonchev–Trinajstić information content (AvgIpc) is 3.78. The summed E-state index contributed by atoms with van der Waals surface area (Å²) in [6.07, 6.45) is 9.85. The zero-order valence-electron chi connectivity index (χ0n) is 21.5. The lowest BCUT2D eigenvalue weighted by Gasteiger charge is -2.07. The van der Waals surface area contributed by atoms with E-state index < -0.39 is 0 Å². The Bertz CT molecular complexity index is 1330. The molecule has 196 valence electrons. The number of hydrogen-bond donors (Lipinski definition) is 1. The van der Waals surface area contributed by atoms with Crippen molar-refractivity contribution in [2.24, 2.45) is 0 Å². The van der Waals surface area contributed by atoms with Crippen molar-refractivity contribution in [1.82, 2.24) is 10.3 Å². The summed E-state index contributed by atoms with van der Waals surface area (Å²) in [6.45, 7) is 0.0175. The van der Waals surface area contributed by atoms with Crippen molar-refractivity contribution in [2.45, 2.75) is 87.5 Å². The quantitative estimate of drug-likeness (QED) is 0.232. The molecule has 2 heterocycles. The molecule has 4 aromatic rings. The lowest BCUT2D eigenvalue weighted by atomic mass is 9.97. The third-order valence-electron chi connectivity index (χ3n) is 8.29. The predicted octanol–water partition coefficient (Wildman–Crippen LogP) is 8.42. The van der Waals surface area contributed by atoms with Gasteiger partial charge < -0.3 is 14.2 Å². The standard InChI is InChI=1S/C16H16ClNO.C16H17NO2/c17-9-14-15(18-19-16(14)11-7-8-11)13-4-2-1-3-12(13)10-5-6-10;18-9-14-15(17-19-16(14)11-7-8-11)13-4-2-1-3-12(13)10-5-6-10/h1-4,10-11H,5-9H2;1-4,10-11,18H,5-9H2. The van der Waals surface area contributed by atoms with E-state index in [-0.39, 0.29) is 6.61 Å². The smallest absolute Gasteiger partial charge is 0.145 e. The van der Waals surface area contributed by atoms with Gasteiger partial charge in [-0.15, -0.1) is 11.6 Å². The van der Waals surface area contributed by atoms with Gasteiger partial charge in [-0.3, -0.25) is 0 Å². The molecule has 2 aromatic heterocycles. The van der Waals surface area contributed by atoms with Gasteiger partial charge in [0.15, 0.2) is 0 Å². The topological polar surface area (TPSA) is 72.3 Å². The van der Waals surface area contributed by atoms with E-state index in [2.05, 4.69) is 52.8 Å². The molecule has 4 aliphatic carbocycles. The number of aromatic nitrogens is 2. The Balaban J connectivity index is 0.000000127. The largest absolute Gasteiger partial charge is 0.391 e. The first-order valence-corrected chi connectivity index (χ1v) is 14.6. The van der Waals surface area contributed by atoms with Crippen LogP contribution in [0.3, 0.4) is 0 Å². The van der Waals surface area contributed by atoms with Crippen LogP contribution < -0.4 is 0 Å². The van der Waals surface area contributed by atoms with Crippen molar-refractivity contribution in [3.05, 3.63) is 82.3 Å². The molecule has 5 nitrogen and oxygen atoms in total. The van der Waals surface area contributed by atoms with Gasteiger partial charge in [0.05, 0.1) is 12.5 Å². The SMILES string of the molecule is ClCc1c(-c2ccccc2C2CC2)noc1C1CC1.OCc1c(-c2ccccc2C2CC2)noc1C1CC1. The number of rotatable bonds is 8. The van der Waals surface area contributed by atoms with Crippen LogP contribution in [0.15, 0.2) is 57.6 Å². The summed E-state index contributed by atoms with van der Waals surface area (Å²) in [6, 6.07) is 16.9. The third-order valence-corrected chi connectivity index (χ3v) is 8.56. The second kappa shape index (κ2) is 10.0. The molecule has 8 rings (SSSR count). The highest BCUT2D eigenvalue weighted by molar-refractivity contribution is 6.17. The molecule has 4 fully saturated rings. The van der Waals surface area contributed by atoms with E-state index >= 15 is 0 Å². The molecule has 0 spiro atoms. The molecule has 0 radical (unpaired) electrons.